The molecule has 82 valence electrons. The molecule has 0 aliphatic heterocycles. The van der Waals surface area contributed by atoms with Gasteiger partial charge in [0.15, 0.2) is 0 Å². The summed E-state index contributed by atoms with van der Waals surface area (Å²) in [6.07, 6.45) is 2.91. The first-order valence-corrected chi connectivity index (χ1v) is 4.50. The second-order valence-electron chi connectivity index (χ2n) is 2.97. The van der Waals surface area contributed by atoms with Crippen LogP contribution in [-0.2, 0) is 4.79 Å². The number of nitrogens with one attached hydrogen (secondary N) is 1. The van der Waals surface area contributed by atoms with E-state index in [0.29, 0.717) is 6.42 Å². The number of hydrogen-bond donors (Lipinski definition) is 1. The average molecular weight is 212 g/mol. The highest BCUT2D eigenvalue weighted by molar-refractivity contribution is 5.79. The van der Waals surface area contributed by atoms with Gasteiger partial charge in [0, 0.05) is 7.05 Å². The van der Waals surface area contributed by atoms with Gasteiger partial charge in [-0.1, -0.05) is 6.92 Å². The van der Waals surface area contributed by atoms with Crippen LogP contribution in [0.2, 0.25) is 0 Å². The van der Waals surface area contributed by atoms with Gasteiger partial charge in [-0.3, -0.25) is 19.6 Å². The largest absolute Gasteiger partial charge is 0.357 e. The number of aromatic nitrogens is 2. The zero-order valence-electron chi connectivity index (χ0n) is 8.51. The Morgan fingerprint density at radius 3 is 2.87 bits per heavy atom. The van der Waals surface area contributed by atoms with Crippen molar-refractivity contribution in [2.75, 3.05) is 7.05 Å². The maximum absolute atomic E-state index is 11.4. The first kappa shape index (κ1) is 11.2. The molecule has 1 rings (SSSR count). The molecule has 0 saturated heterocycles. The second kappa shape index (κ2) is 4.54. The topological polar surface area (TPSA) is 90.1 Å². The van der Waals surface area contributed by atoms with Gasteiger partial charge >= 0.3 is 5.69 Å². The fraction of sp³-hybridized carbons (Fsp3) is 0.500. The molecule has 0 aliphatic carbocycles. The third kappa shape index (κ3) is 2.30. The summed E-state index contributed by atoms with van der Waals surface area (Å²) in [6.45, 7) is 1.81. The molecule has 15 heavy (non-hydrogen) atoms. The molecule has 0 aliphatic rings. The fourth-order valence-electron chi connectivity index (χ4n) is 1.25. The van der Waals surface area contributed by atoms with E-state index in [1.165, 1.54) is 17.9 Å². The maximum atomic E-state index is 11.4. The Labute approximate surface area is 86.2 Å². The van der Waals surface area contributed by atoms with Crippen LogP contribution < -0.4 is 5.32 Å². The number of carbonyl (C=O) groups is 1. The van der Waals surface area contributed by atoms with Gasteiger partial charge in [-0.15, -0.1) is 0 Å². The Morgan fingerprint density at radius 2 is 2.47 bits per heavy atom. The molecule has 1 aromatic heterocycles. The summed E-state index contributed by atoms with van der Waals surface area (Å²) in [7, 11) is 1.52. The van der Waals surface area contributed by atoms with Crippen LogP contribution in [0.1, 0.15) is 19.4 Å². The predicted molar refractivity (Wildman–Crippen MR) is 52.3 cm³/mol. The SMILES string of the molecule is CCC(C(=O)NC)n1cc([N+](=O)[O-])cn1. The van der Waals surface area contributed by atoms with Crippen LogP contribution in [0, 0.1) is 10.1 Å². The van der Waals surface area contributed by atoms with Crippen molar-refractivity contribution in [3.8, 4) is 0 Å². The minimum Gasteiger partial charge on any atom is -0.357 e. The molecule has 0 fully saturated rings. The molecule has 0 bridgehead atoms. The number of likely N-dealkylation sites (N-methyl/N-ethyl adjacent to an activating group) is 1. The van der Waals surface area contributed by atoms with E-state index < -0.39 is 11.0 Å². The first-order valence-electron chi connectivity index (χ1n) is 4.50. The number of nitro groups is 1. The lowest BCUT2D eigenvalue weighted by molar-refractivity contribution is -0.385. The molecule has 1 heterocycles. The van der Waals surface area contributed by atoms with Gasteiger partial charge in [0.1, 0.15) is 18.4 Å². The standard InChI is InChI=1S/C8H12N4O3/c1-3-7(8(13)9-2)11-5-6(4-10-11)12(14)15/h4-5,7H,3H2,1-2H3,(H,9,13). The Balaban J connectivity index is 2.92. The van der Waals surface area contributed by atoms with E-state index in [4.69, 9.17) is 0 Å². The van der Waals surface area contributed by atoms with Gasteiger partial charge in [-0.2, -0.15) is 5.10 Å². The summed E-state index contributed by atoms with van der Waals surface area (Å²) in [5, 5.41) is 16.7. The van der Waals surface area contributed by atoms with Crippen molar-refractivity contribution in [3.63, 3.8) is 0 Å². The van der Waals surface area contributed by atoms with Crippen molar-refractivity contribution >= 4 is 11.6 Å². The molecular formula is C8H12N4O3. The normalized spacial score (nSPS) is 12.1. The van der Waals surface area contributed by atoms with Gasteiger partial charge in [-0.05, 0) is 6.42 Å². The first-order chi connectivity index (χ1) is 7.10. The molecule has 1 aromatic rings. The van der Waals surface area contributed by atoms with Gasteiger partial charge in [-0.25, -0.2) is 0 Å². The molecule has 0 radical (unpaired) electrons. The number of amides is 1. The van der Waals surface area contributed by atoms with Crippen LogP contribution in [0.15, 0.2) is 12.4 Å². The highest BCUT2D eigenvalue weighted by Gasteiger charge is 2.20. The highest BCUT2D eigenvalue weighted by Crippen LogP contribution is 2.15. The van der Waals surface area contributed by atoms with E-state index in [2.05, 4.69) is 10.4 Å². The summed E-state index contributed by atoms with van der Waals surface area (Å²) in [5.74, 6) is -0.213. The molecule has 0 spiro atoms. The van der Waals surface area contributed by atoms with Crippen molar-refractivity contribution in [2.24, 2.45) is 0 Å². The van der Waals surface area contributed by atoms with E-state index in [0.717, 1.165) is 6.20 Å². The zero-order valence-corrected chi connectivity index (χ0v) is 8.51. The third-order valence-corrected chi connectivity index (χ3v) is 2.05. The van der Waals surface area contributed by atoms with E-state index in [1.807, 2.05) is 6.92 Å². The molecule has 0 aromatic carbocycles. The Morgan fingerprint density at radius 1 is 1.80 bits per heavy atom. The quantitative estimate of drug-likeness (QED) is 0.580. The van der Waals surface area contributed by atoms with Gasteiger partial charge < -0.3 is 5.32 Å². The van der Waals surface area contributed by atoms with Gasteiger partial charge in [0.25, 0.3) is 0 Å². The van der Waals surface area contributed by atoms with Crippen LogP contribution in [-0.4, -0.2) is 27.7 Å². The number of rotatable bonds is 4. The molecule has 1 atom stereocenters. The van der Waals surface area contributed by atoms with Crippen LogP contribution in [0.25, 0.3) is 0 Å². The molecule has 7 heteroatoms. The van der Waals surface area contributed by atoms with Crippen molar-refractivity contribution in [3.05, 3.63) is 22.5 Å². The predicted octanol–water partition coefficient (Wildman–Crippen LogP) is 0.488. The smallest absolute Gasteiger partial charge is 0.307 e. The number of hydrogen-bond acceptors (Lipinski definition) is 4. The van der Waals surface area contributed by atoms with E-state index in [-0.39, 0.29) is 11.6 Å². The van der Waals surface area contributed by atoms with Crippen molar-refractivity contribution in [1.82, 2.24) is 15.1 Å². The Hall–Kier alpha value is -1.92. The van der Waals surface area contributed by atoms with E-state index >= 15 is 0 Å². The van der Waals surface area contributed by atoms with Crippen molar-refractivity contribution < 1.29 is 9.72 Å². The third-order valence-electron chi connectivity index (χ3n) is 2.05. The Bertz CT molecular complexity index is 374. The highest BCUT2D eigenvalue weighted by atomic mass is 16.6. The molecular weight excluding hydrogens is 200 g/mol. The van der Waals surface area contributed by atoms with Gasteiger partial charge in [0.05, 0.1) is 4.92 Å². The average Bonchev–Trinajstić information content (AvgIpc) is 2.68. The number of nitrogens with zero attached hydrogens (tertiary/aromatic N) is 3. The minimum atomic E-state index is -0.542. The fourth-order valence-corrected chi connectivity index (χ4v) is 1.25. The summed E-state index contributed by atoms with van der Waals surface area (Å²) >= 11 is 0. The molecule has 1 unspecified atom stereocenters. The Kier molecular flexibility index (Phi) is 3.37. The van der Waals surface area contributed by atoms with Crippen molar-refractivity contribution in [2.45, 2.75) is 19.4 Å². The summed E-state index contributed by atoms with van der Waals surface area (Å²) in [6, 6.07) is -0.497. The number of carbonyl (C=O) groups excluding carboxylic acids is 1. The van der Waals surface area contributed by atoms with Gasteiger partial charge in [0.2, 0.25) is 5.91 Å². The van der Waals surface area contributed by atoms with E-state index in [9.17, 15) is 14.9 Å². The lowest BCUT2D eigenvalue weighted by Crippen LogP contribution is -2.29. The minimum absolute atomic E-state index is 0.114. The lowest BCUT2D eigenvalue weighted by Gasteiger charge is -2.12. The summed E-state index contributed by atoms with van der Waals surface area (Å²) < 4.78 is 1.30. The van der Waals surface area contributed by atoms with Crippen LogP contribution in [0.4, 0.5) is 5.69 Å². The van der Waals surface area contributed by atoms with Crippen molar-refractivity contribution in [1.29, 1.82) is 0 Å². The second-order valence-corrected chi connectivity index (χ2v) is 2.97. The maximum Gasteiger partial charge on any atom is 0.307 e. The van der Waals surface area contributed by atoms with Crippen LogP contribution >= 0.6 is 0 Å². The zero-order chi connectivity index (χ0) is 11.4. The monoisotopic (exact) mass is 212 g/mol. The lowest BCUT2D eigenvalue weighted by atomic mass is 10.2. The summed E-state index contributed by atoms with van der Waals surface area (Å²) in [4.78, 5) is 21.3. The molecule has 7 nitrogen and oxygen atoms in total. The molecule has 1 amide bonds. The molecule has 0 saturated carbocycles. The van der Waals surface area contributed by atoms with Crippen LogP contribution in [0.3, 0.4) is 0 Å². The summed E-state index contributed by atoms with van der Waals surface area (Å²) in [5.41, 5.74) is -0.114. The molecule has 1 N–H and O–H groups in total. The van der Waals surface area contributed by atoms with Crippen LogP contribution in [0.5, 0.6) is 0 Å². The van der Waals surface area contributed by atoms with E-state index in [1.54, 1.807) is 0 Å².